The standard InChI is InChI=1S/C27H25NO3/c1-19(20-9-4-3-5-10-20)28-27(29)22-15-16-25(30-2)23(17-22)18-31-26-14-8-12-21-11-6-7-13-24(21)26/h3-17,19H,18H2,1-2H3,(H,28,29)/t19-/m1/s1. The van der Waals surface area contributed by atoms with Crippen molar-refractivity contribution in [1.82, 2.24) is 5.32 Å². The van der Waals surface area contributed by atoms with Crippen LogP contribution in [0.2, 0.25) is 0 Å². The van der Waals surface area contributed by atoms with Crippen LogP contribution in [0.4, 0.5) is 0 Å². The highest BCUT2D eigenvalue weighted by molar-refractivity contribution is 5.95. The first-order chi connectivity index (χ1) is 15.2. The highest BCUT2D eigenvalue weighted by Gasteiger charge is 2.14. The topological polar surface area (TPSA) is 47.6 Å². The number of rotatable bonds is 7. The number of hydrogen-bond acceptors (Lipinski definition) is 3. The summed E-state index contributed by atoms with van der Waals surface area (Å²) >= 11 is 0. The quantitative estimate of drug-likeness (QED) is 0.411. The maximum Gasteiger partial charge on any atom is 0.251 e. The zero-order valence-electron chi connectivity index (χ0n) is 17.7. The van der Waals surface area contributed by atoms with E-state index in [1.54, 1.807) is 13.2 Å². The Hall–Kier alpha value is -3.79. The molecule has 0 fully saturated rings. The van der Waals surface area contributed by atoms with Crippen LogP contribution >= 0.6 is 0 Å². The molecule has 0 bridgehead atoms. The van der Waals surface area contributed by atoms with Crippen LogP contribution in [0.3, 0.4) is 0 Å². The molecule has 0 saturated heterocycles. The molecule has 0 radical (unpaired) electrons. The molecule has 0 aliphatic heterocycles. The van der Waals surface area contributed by atoms with Crippen LogP contribution in [0.1, 0.15) is 34.5 Å². The summed E-state index contributed by atoms with van der Waals surface area (Å²) < 4.78 is 11.6. The summed E-state index contributed by atoms with van der Waals surface area (Å²) in [5.41, 5.74) is 2.44. The Morgan fingerprint density at radius 2 is 1.61 bits per heavy atom. The normalized spacial score (nSPS) is 11.7. The molecule has 4 nitrogen and oxygen atoms in total. The maximum atomic E-state index is 12.8. The van der Waals surface area contributed by atoms with E-state index in [4.69, 9.17) is 9.47 Å². The lowest BCUT2D eigenvalue weighted by Gasteiger charge is -2.16. The third-order valence-electron chi connectivity index (χ3n) is 5.32. The number of nitrogens with one attached hydrogen (secondary N) is 1. The van der Waals surface area contributed by atoms with Gasteiger partial charge in [0.2, 0.25) is 0 Å². The molecule has 4 rings (SSSR count). The van der Waals surface area contributed by atoms with Gasteiger partial charge in [-0.1, -0.05) is 66.7 Å². The Kier molecular flexibility index (Phi) is 6.18. The first kappa shape index (κ1) is 20.5. The molecule has 0 spiro atoms. The van der Waals surface area contributed by atoms with Crippen molar-refractivity contribution in [2.45, 2.75) is 19.6 Å². The predicted molar refractivity (Wildman–Crippen MR) is 124 cm³/mol. The monoisotopic (exact) mass is 411 g/mol. The zero-order chi connectivity index (χ0) is 21.6. The van der Waals surface area contributed by atoms with Crippen LogP contribution in [-0.4, -0.2) is 13.0 Å². The number of benzene rings is 4. The van der Waals surface area contributed by atoms with E-state index in [1.165, 1.54) is 0 Å². The van der Waals surface area contributed by atoms with Gasteiger partial charge in [-0.05, 0) is 42.1 Å². The third kappa shape index (κ3) is 4.69. The van der Waals surface area contributed by atoms with Gasteiger partial charge in [0.05, 0.1) is 13.2 Å². The Labute approximate surface area is 182 Å². The van der Waals surface area contributed by atoms with Crippen molar-refractivity contribution in [2.75, 3.05) is 7.11 Å². The average Bonchev–Trinajstić information content (AvgIpc) is 2.83. The zero-order valence-corrected chi connectivity index (χ0v) is 17.7. The van der Waals surface area contributed by atoms with Crippen molar-refractivity contribution in [1.29, 1.82) is 0 Å². The molecule has 4 aromatic carbocycles. The average molecular weight is 412 g/mol. The Morgan fingerprint density at radius 3 is 2.42 bits per heavy atom. The summed E-state index contributed by atoms with van der Waals surface area (Å²) in [6.45, 7) is 2.27. The van der Waals surface area contributed by atoms with E-state index in [1.807, 2.05) is 79.7 Å². The fraction of sp³-hybridized carbons (Fsp3) is 0.148. The molecule has 31 heavy (non-hydrogen) atoms. The van der Waals surface area contributed by atoms with E-state index in [9.17, 15) is 4.79 Å². The summed E-state index contributed by atoms with van der Waals surface area (Å²) in [7, 11) is 1.62. The van der Waals surface area contributed by atoms with Crippen LogP contribution in [0, 0.1) is 0 Å². The van der Waals surface area contributed by atoms with Crippen LogP contribution < -0.4 is 14.8 Å². The van der Waals surface area contributed by atoms with Crippen molar-refractivity contribution in [3.8, 4) is 11.5 Å². The second-order valence-electron chi connectivity index (χ2n) is 7.40. The summed E-state index contributed by atoms with van der Waals surface area (Å²) in [6.07, 6.45) is 0. The summed E-state index contributed by atoms with van der Waals surface area (Å²) in [5.74, 6) is 1.35. The van der Waals surface area contributed by atoms with Gasteiger partial charge in [0.25, 0.3) is 5.91 Å². The van der Waals surface area contributed by atoms with E-state index in [0.717, 1.165) is 27.6 Å². The van der Waals surface area contributed by atoms with Gasteiger partial charge in [0.1, 0.15) is 18.1 Å². The fourth-order valence-corrected chi connectivity index (χ4v) is 3.61. The van der Waals surface area contributed by atoms with Gasteiger partial charge in [-0.15, -0.1) is 0 Å². The van der Waals surface area contributed by atoms with Crippen molar-refractivity contribution in [3.63, 3.8) is 0 Å². The second-order valence-corrected chi connectivity index (χ2v) is 7.40. The molecule has 4 heteroatoms. The van der Waals surface area contributed by atoms with Gasteiger partial charge in [0.15, 0.2) is 0 Å². The lowest BCUT2D eigenvalue weighted by atomic mass is 10.1. The minimum Gasteiger partial charge on any atom is -0.496 e. The molecule has 0 aromatic heterocycles. The largest absolute Gasteiger partial charge is 0.496 e. The number of carbonyl (C=O) groups excluding carboxylic acids is 1. The van der Waals surface area contributed by atoms with Gasteiger partial charge in [-0.3, -0.25) is 4.79 Å². The molecule has 0 aliphatic carbocycles. The number of methoxy groups -OCH3 is 1. The lowest BCUT2D eigenvalue weighted by molar-refractivity contribution is 0.0939. The molecule has 0 aliphatic rings. The van der Waals surface area contributed by atoms with E-state index >= 15 is 0 Å². The molecular weight excluding hydrogens is 386 g/mol. The van der Waals surface area contributed by atoms with Crippen LogP contribution in [0.25, 0.3) is 10.8 Å². The van der Waals surface area contributed by atoms with Gasteiger partial charge in [0, 0.05) is 16.5 Å². The SMILES string of the molecule is COc1ccc(C(=O)N[C@H](C)c2ccccc2)cc1COc1cccc2ccccc12. The summed E-state index contributed by atoms with van der Waals surface area (Å²) in [4.78, 5) is 12.8. The van der Waals surface area contributed by atoms with Crippen LogP contribution in [-0.2, 0) is 6.61 Å². The number of amides is 1. The number of carbonyl (C=O) groups is 1. The van der Waals surface area contributed by atoms with E-state index in [2.05, 4.69) is 17.4 Å². The van der Waals surface area contributed by atoms with Crippen LogP contribution in [0.15, 0.2) is 91.0 Å². The van der Waals surface area contributed by atoms with Gasteiger partial charge in [-0.2, -0.15) is 0 Å². The molecule has 1 atom stereocenters. The molecule has 156 valence electrons. The highest BCUT2D eigenvalue weighted by atomic mass is 16.5. The maximum absolute atomic E-state index is 12.8. The van der Waals surface area contributed by atoms with Crippen molar-refractivity contribution in [3.05, 3.63) is 108 Å². The van der Waals surface area contributed by atoms with Crippen molar-refractivity contribution < 1.29 is 14.3 Å². The number of hydrogen-bond donors (Lipinski definition) is 1. The van der Waals surface area contributed by atoms with Gasteiger partial charge in [-0.25, -0.2) is 0 Å². The van der Waals surface area contributed by atoms with E-state index in [0.29, 0.717) is 17.9 Å². The smallest absolute Gasteiger partial charge is 0.251 e. The van der Waals surface area contributed by atoms with Gasteiger partial charge >= 0.3 is 0 Å². The molecule has 0 saturated carbocycles. The first-order valence-electron chi connectivity index (χ1n) is 10.3. The minimum atomic E-state index is -0.134. The highest BCUT2D eigenvalue weighted by Crippen LogP contribution is 2.28. The lowest BCUT2D eigenvalue weighted by Crippen LogP contribution is -2.26. The minimum absolute atomic E-state index is 0.0915. The first-order valence-corrected chi connectivity index (χ1v) is 10.3. The molecule has 1 amide bonds. The van der Waals surface area contributed by atoms with Gasteiger partial charge < -0.3 is 14.8 Å². The molecule has 0 heterocycles. The summed E-state index contributed by atoms with van der Waals surface area (Å²) in [5, 5.41) is 5.23. The molecule has 0 unspecified atom stereocenters. The summed E-state index contributed by atoms with van der Waals surface area (Å²) in [6, 6.07) is 29.3. The Morgan fingerprint density at radius 1 is 0.871 bits per heavy atom. The van der Waals surface area contributed by atoms with Crippen LogP contribution in [0.5, 0.6) is 11.5 Å². The molecular formula is C27H25NO3. The van der Waals surface area contributed by atoms with Crippen molar-refractivity contribution >= 4 is 16.7 Å². The number of fused-ring (bicyclic) bond motifs is 1. The van der Waals surface area contributed by atoms with Crippen molar-refractivity contribution in [2.24, 2.45) is 0 Å². The predicted octanol–water partition coefficient (Wildman–Crippen LogP) is 5.92. The van der Waals surface area contributed by atoms with E-state index < -0.39 is 0 Å². The Balaban J connectivity index is 1.52. The number of ether oxygens (including phenoxy) is 2. The molecule has 4 aromatic rings. The second kappa shape index (κ2) is 9.35. The molecule has 1 N–H and O–H groups in total. The van der Waals surface area contributed by atoms with E-state index in [-0.39, 0.29) is 11.9 Å². The third-order valence-corrected chi connectivity index (χ3v) is 5.32. The Bertz CT molecular complexity index is 1180. The fourth-order valence-electron chi connectivity index (χ4n) is 3.61.